The van der Waals surface area contributed by atoms with E-state index in [0.29, 0.717) is 0 Å². The molecule has 1 aliphatic carbocycles. The summed E-state index contributed by atoms with van der Waals surface area (Å²) in [5, 5.41) is 0. The van der Waals surface area contributed by atoms with Gasteiger partial charge in [0, 0.05) is 13.0 Å². The van der Waals surface area contributed by atoms with Crippen molar-refractivity contribution in [3.05, 3.63) is 83.4 Å². The number of amides is 1. The summed E-state index contributed by atoms with van der Waals surface area (Å²) in [4.78, 5) is 20.1. The van der Waals surface area contributed by atoms with Crippen molar-refractivity contribution >= 4 is 11.9 Å². The first-order valence-electron chi connectivity index (χ1n) is 11.3. The Morgan fingerprint density at radius 3 is 2.58 bits per heavy atom. The van der Waals surface area contributed by atoms with E-state index in [1.54, 1.807) is 7.05 Å². The van der Waals surface area contributed by atoms with E-state index in [2.05, 4.69) is 30.3 Å². The summed E-state index contributed by atoms with van der Waals surface area (Å²) in [5.74, 6) is 1.71. The van der Waals surface area contributed by atoms with Crippen LogP contribution in [-0.2, 0) is 23.2 Å². The standard InChI is InChI=1S/C27H25N3O3/c1-30-25(31)27(29-26(30)28,22-11-9-17-5-2-3-6-18(17)13-22)21-8-4-7-19(14-21)20-10-12-23-24(15-20)33-16-32-23/h2-8,10,12,14-15,22H,9,11,13,16H2,1H3,(H2,28,29). The smallest absolute Gasteiger partial charge is 0.261 e. The number of nitrogens with zero attached hydrogens (tertiary/aromatic N) is 2. The minimum absolute atomic E-state index is 0.0235. The Kier molecular flexibility index (Phi) is 4.43. The van der Waals surface area contributed by atoms with Gasteiger partial charge in [-0.05, 0) is 65.3 Å². The maximum Gasteiger partial charge on any atom is 0.261 e. The van der Waals surface area contributed by atoms with Crippen molar-refractivity contribution < 1.29 is 14.3 Å². The summed E-state index contributed by atoms with van der Waals surface area (Å²) < 4.78 is 11.0. The summed E-state index contributed by atoms with van der Waals surface area (Å²) >= 11 is 0. The lowest BCUT2D eigenvalue weighted by molar-refractivity contribution is -0.132. The molecule has 2 unspecified atom stereocenters. The fourth-order valence-corrected chi connectivity index (χ4v) is 5.42. The molecule has 33 heavy (non-hydrogen) atoms. The fraction of sp³-hybridized carbons (Fsp3) is 0.259. The molecule has 0 aromatic heterocycles. The fourth-order valence-electron chi connectivity index (χ4n) is 5.42. The van der Waals surface area contributed by atoms with Gasteiger partial charge in [-0.15, -0.1) is 0 Å². The Morgan fingerprint density at radius 1 is 0.970 bits per heavy atom. The zero-order valence-corrected chi connectivity index (χ0v) is 18.5. The summed E-state index contributed by atoms with van der Waals surface area (Å²) in [5.41, 5.74) is 10.7. The van der Waals surface area contributed by atoms with E-state index in [9.17, 15) is 4.79 Å². The Labute approximate surface area is 192 Å². The second-order valence-corrected chi connectivity index (χ2v) is 8.96. The Bertz CT molecular complexity index is 1300. The number of carbonyl (C=O) groups is 1. The molecule has 3 aromatic rings. The first-order valence-corrected chi connectivity index (χ1v) is 11.3. The molecule has 6 heteroatoms. The summed E-state index contributed by atoms with van der Waals surface area (Å²) in [6, 6.07) is 22.5. The number of hydrogen-bond acceptors (Lipinski definition) is 5. The maximum absolute atomic E-state index is 13.7. The van der Waals surface area contributed by atoms with Crippen LogP contribution in [0.15, 0.2) is 71.7 Å². The van der Waals surface area contributed by atoms with Crippen LogP contribution < -0.4 is 15.2 Å². The van der Waals surface area contributed by atoms with Gasteiger partial charge in [0.15, 0.2) is 23.0 Å². The van der Waals surface area contributed by atoms with Crippen LogP contribution in [0.5, 0.6) is 11.5 Å². The highest BCUT2D eigenvalue weighted by Gasteiger charge is 2.53. The van der Waals surface area contributed by atoms with Crippen LogP contribution in [-0.4, -0.2) is 30.6 Å². The van der Waals surface area contributed by atoms with E-state index in [-0.39, 0.29) is 24.6 Å². The van der Waals surface area contributed by atoms with Crippen molar-refractivity contribution in [1.82, 2.24) is 4.90 Å². The number of nitrogens with two attached hydrogens (primary N) is 1. The van der Waals surface area contributed by atoms with Crippen molar-refractivity contribution in [3.63, 3.8) is 0 Å². The number of fused-ring (bicyclic) bond motifs is 2. The average Bonchev–Trinajstić information content (AvgIpc) is 3.42. The molecule has 6 nitrogen and oxygen atoms in total. The van der Waals surface area contributed by atoms with Gasteiger partial charge < -0.3 is 15.2 Å². The summed E-state index contributed by atoms with van der Waals surface area (Å²) in [6.45, 7) is 0.236. The van der Waals surface area contributed by atoms with Crippen LogP contribution in [0.1, 0.15) is 23.1 Å². The molecule has 0 fully saturated rings. The quantitative estimate of drug-likeness (QED) is 0.672. The van der Waals surface area contributed by atoms with Crippen molar-refractivity contribution in [3.8, 4) is 22.6 Å². The van der Waals surface area contributed by atoms with Gasteiger partial charge in [-0.2, -0.15) is 0 Å². The number of hydrogen-bond donors (Lipinski definition) is 1. The van der Waals surface area contributed by atoms with E-state index in [0.717, 1.165) is 47.5 Å². The van der Waals surface area contributed by atoms with Gasteiger partial charge in [0.1, 0.15) is 0 Å². The van der Waals surface area contributed by atoms with Crippen molar-refractivity contribution in [1.29, 1.82) is 0 Å². The first-order chi connectivity index (χ1) is 16.1. The van der Waals surface area contributed by atoms with Gasteiger partial charge in [-0.1, -0.05) is 48.5 Å². The third-order valence-corrected chi connectivity index (χ3v) is 7.21. The number of benzene rings is 3. The normalized spacial score (nSPS) is 23.4. The van der Waals surface area contributed by atoms with Crippen molar-refractivity contribution in [2.45, 2.75) is 24.8 Å². The van der Waals surface area contributed by atoms with Gasteiger partial charge in [0.05, 0.1) is 0 Å². The van der Waals surface area contributed by atoms with E-state index >= 15 is 0 Å². The van der Waals surface area contributed by atoms with Gasteiger partial charge in [0.2, 0.25) is 6.79 Å². The number of guanidine groups is 1. The van der Waals surface area contributed by atoms with Gasteiger partial charge >= 0.3 is 0 Å². The number of ether oxygens (including phenoxy) is 2. The minimum Gasteiger partial charge on any atom is -0.454 e. The highest BCUT2D eigenvalue weighted by molar-refractivity contribution is 6.07. The summed E-state index contributed by atoms with van der Waals surface area (Å²) in [7, 11) is 1.71. The number of aliphatic imine (C=N–C) groups is 1. The number of likely N-dealkylation sites (N-methyl/N-ethyl adjacent to an activating group) is 1. The molecule has 166 valence electrons. The van der Waals surface area contributed by atoms with Crippen LogP contribution in [0.2, 0.25) is 0 Å². The summed E-state index contributed by atoms with van der Waals surface area (Å²) in [6.07, 6.45) is 2.60. The molecule has 2 atom stereocenters. The van der Waals surface area contributed by atoms with Crippen LogP contribution >= 0.6 is 0 Å². The van der Waals surface area contributed by atoms with Crippen LogP contribution in [0, 0.1) is 5.92 Å². The molecule has 0 spiro atoms. The molecule has 0 radical (unpaired) electrons. The van der Waals surface area contributed by atoms with Gasteiger partial charge in [0.25, 0.3) is 5.91 Å². The van der Waals surface area contributed by atoms with Crippen molar-refractivity contribution in [2.24, 2.45) is 16.6 Å². The molecular weight excluding hydrogens is 414 g/mol. The largest absolute Gasteiger partial charge is 0.454 e. The molecule has 2 N–H and O–H groups in total. The molecule has 3 aliphatic rings. The molecule has 0 saturated heterocycles. The molecular formula is C27H25N3O3. The molecule has 0 bridgehead atoms. The third-order valence-electron chi connectivity index (χ3n) is 7.21. The zero-order chi connectivity index (χ0) is 22.6. The molecule has 1 amide bonds. The Hall–Kier alpha value is -3.80. The predicted octanol–water partition coefficient (Wildman–Crippen LogP) is 3.87. The average molecular weight is 440 g/mol. The third kappa shape index (κ3) is 3.01. The van der Waals surface area contributed by atoms with E-state index in [1.807, 2.05) is 36.4 Å². The lowest BCUT2D eigenvalue weighted by Gasteiger charge is -2.37. The van der Waals surface area contributed by atoms with Crippen LogP contribution in [0.3, 0.4) is 0 Å². The highest BCUT2D eigenvalue weighted by atomic mass is 16.7. The second kappa shape index (κ2) is 7.37. The maximum atomic E-state index is 13.7. The Balaban J connectivity index is 1.46. The lowest BCUT2D eigenvalue weighted by atomic mass is 9.69. The number of aryl methyl sites for hydroxylation is 1. The van der Waals surface area contributed by atoms with Crippen LogP contribution in [0.4, 0.5) is 0 Å². The molecule has 0 saturated carbocycles. The van der Waals surface area contributed by atoms with Crippen molar-refractivity contribution in [2.75, 3.05) is 13.8 Å². The highest BCUT2D eigenvalue weighted by Crippen LogP contribution is 2.46. The lowest BCUT2D eigenvalue weighted by Crippen LogP contribution is -2.46. The minimum atomic E-state index is -1.03. The Morgan fingerprint density at radius 2 is 1.76 bits per heavy atom. The van der Waals surface area contributed by atoms with E-state index < -0.39 is 5.54 Å². The first kappa shape index (κ1) is 19.9. The van der Waals surface area contributed by atoms with Gasteiger partial charge in [-0.25, -0.2) is 4.99 Å². The molecule has 2 aliphatic heterocycles. The van der Waals surface area contributed by atoms with Crippen LogP contribution in [0.25, 0.3) is 11.1 Å². The number of rotatable bonds is 3. The van der Waals surface area contributed by atoms with Gasteiger partial charge in [-0.3, -0.25) is 9.69 Å². The van der Waals surface area contributed by atoms with E-state index in [1.165, 1.54) is 16.0 Å². The number of carbonyl (C=O) groups excluding carboxylic acids is 1. The second-order valence-electron chi connectivity index (χ2n) is 8.96. The SMILES string of the molecule is CN1C(=O)C(c2cccc(-c3ccc4c(c3)OCO4)c2)(C2CCc3ccccc3C2)N=C1N. The molecule has 6 rings (SSSR count). The van der Waals surface area contributed by atoms with E-state index in [4.69, 9.17) is 20.2 Å². The predicted molar refractivity (Wildman–Crippen MR) is 126 cm³/mol. The molecule has 2 heterocycles. The monoisotopic (exact) mass is 439 g/mol. The zero-order valence-electron chi connectivity index (χ0n) is 18.5. The topological polar surface area (TPSA) is 77.2 Å². The molecule has 3 aromatic carbocycles.